The number of alkyl halides is 3. The summed E-state index contributed by atoms with van der Waals surface area (Å²) in [5, 5.41) is -0.0335. The van der Waals surface area contributed by atoms with Crippen molar-refractivity contribution < 1.29 is 35.2 Å². The van der Waals surface area contributed by atoms with Gasteiger partial charge in [-0.1, -0.05) is 31.4 Å². The molecule has 7 nitrogen and oxygen atoms in total. The Morgan fingerprint density at radius 1 is 0.976 bits per heavy atom. The molecule has 2 heterocycles. The lowest BCUT2D eigenvalue weighted by molar-refractivity contribution is -0.137. The minimum Gasteiger partial charge on any atom is -0.443 e. The second-order valence-corrected chi connectivity index (χ2v) is 12.4. The van der Waals surface area contributed by atoms with Gasteiger partial charge >= 0.3 is 6.18 Å². The van der Waals surface area contributed by atoms with Gasteiger partial charge in [-0.2, -0.15) is 17.5 Å². The van der Waals surface area contributed by atoms with E-state index in [1.165, 1.54) is 42.7 Å². The number of hydrogen-bond donors (Lipinski definition) is 0. The predicted molar refractivity (Wildman–Crippen MR) is 147 cm³/mol. The molecule has 0 bridgehead atoms. The molecule has 12 heteroatoms. The van der Waals surface area contributed by atoms with E-state index in [9.17, 15) is 30.8 Å². The zero-order valence-corrected chi connectivity index (χ0v) is 23.4. The van der Waals surface area contributed by atoms with Crippen molar-refractivity contribution in [2.24, 2.45) is 5.92 Å². The second kappa shape index (κ2) is 12.3. The van der Waals surface area contributed by atoms with Crippen LogP contribution in [-0.2, 0) is 27.4 Å². The van der Waals surface area contributed by atoms with Crippen LogP contribution in [0.5, 0.6) is 0 Å². The number of fused-ring (bicyclic) bond motifs is 1. The highest BCUT2D eigenvalue weighted by atomic mass is 32.2. The zero-order chi connectivity index (χ0) is 29.9. The van der Waals surface area contributed by atoms with E-state index in [4.69, 9.17) is 4.42 Å². The lowest BCUT2D eigenvalue weighted by atomic mass is 9.89. The van der Waals surface area contributed by atoms with Gasteiger partial charge in [-0.15, -0.1) is 0 Å². The van der Waals surface area contributed by atoms with Crippen LogP contribution in [0.3, 0.4) is 0 Å². The fourth-order valence-corrected chi connectivity index (χ4v) is 6.66. The molecule has 0 saturated heterocycles. The van der Waals surface area contributed by atoms with Crippen molar-refractivity contribution in [2.75, 3.05) is 13.1 Å². The molecule has 4 aromatic rings. The van der Waals surface area contributed by atoms with E-state index in [0.29, 0.717) is 22.3 Å². The molecule has 1 aliphatic carbocycles. The third-order valence-electron chi connectivity index (χ3n) is 7.48. The smallest absolute Gasteiger partial charge is 0.416 e. The molecule has 2 aromatic carbocycles. The van der Waals surface area contributed by atoms with Gasteiger partial charge in [0.25, 0.3) is 10.0 Å². The maximum atomic E-state index is 13.7. The summed E-state index contributed by atoms with van der Waals surface area (Å²) in [4.78, 5) is 21.4. The van der Waals surface area contributed by atoms with Gasteiger partial charge in [0.05, 0.1) is 17.8 Å². The number of nitrogens with zero attached hydrogens (tertiary/aromatic N) is 3. The van der Waals surface area contributed by atoms with Crippen molar-refractivity contribution >= 4 is 26.8 Å². The molecule has 42 heavy (non-hydrogen) atoms. The Hall–Kier alpha value is -3.64. The molecular formula is C30H29F4N3O4S. The summed E-state index contributed by atoms with van der Waals surface area (Å²) in [5.74, 6) is -0.741. The largest absolute Gasteiger partial charge is 0.443 e. The number of hydrogen-bond acceptors (Lipinski definition) is 6. The number of rotatable bonds is 10. The Labute approximate surface area is 240 Å². The van der Waals surface area contributed by atoms with Gasteiger partial charge in [0.1, 0.15) is 23.5 Å². The van der Waals surface area contributed by atoms with Crippen molar-refractivity contribution in [3.05, 3.63) is 78.0 Å². The van der Waals surface area contributed by atoms with Crippen LogP contribution in [0.4, 0.5) is 17.6 Å². The number of furan rings is 1. The first-order valence-corrected chi connectivity index (χ1v) is 15.1. The minimum absolute atomic E-state index is 0.00844. The standard InChI is InChI=1S/C30H29F4N3O4S/c31-24-10-13-28-22(14-24)15-29(41-28)42(39,40)37(17-20-4-2-1-3-5-20)18-26(38)12-11-25-16-27(36-19-35-25)21-6-8-23(9-7-21)30(32,33)34/h6-10,13-16,19-20H,1-5,11-12,17-18H2. The first kappa shape index (κ1) is 29.8. The van der Waals surface area contributed by atoms with Crippen LogP contribution in [0, 0.1) is 11.7 Å². The van der Waals surface area contributed by atoms with Crippen molar-refractivity contribution in [2.45, 2.75) is 56.2 Å². The summed E-state index contributed by atoms with van der Waals surface area (Å²) in [6.07, 6.45) is 1.80. The molecule has 5 rings (SSSR count). The molecule has 0 amide bonds. The van der Waals surface area contributed by atoms with E-state index in [2.05, 4.69) is 9.97 Å². The van der Waals surface area contributed by atoms with E-state index >= 15 is 0 Å². The normalized spacial score (nSPS) is 15.0. The monoisotopic (exact) mass is 603 g/mol. The van der Waals surface area contributed by atoms with E-state index in [1.54, 1.807) is 6.07 Å². The van der Waals surface area contributed by atoms with Gasteiger partial charge < -0.3 is 4.42 Å². The van der Waals surface area contributed by atoms with Crippen molar-refractivity contribution in [3.8, 4) is 11.3 Å². The number of carbonyl (C=O) groups is 1. The maximum Gasteiger partial charge on any atom is 0.416 e. The van der Waals surface area contributed by atoms with Gasteiger partial charge in [0, 0.05) is 35.7 Å². The van der Waals surface area contributed by atoms with E-state index < -0.39 is 27.6 Å². The first-order valence-electron chi connectivity index (χ1n) is 13.7. The molecule has 0 atom stereocenters. The molecule has 222 valence electrons. The predicted octanol–water partition coefficient (Wildman–Crippen LogP) is 6.82. The Morgan fingerprint density at radius 3 is 2.43 bits per heavy atom. The second-order valence-electron chi connectivity index (χ2n) is 10.6. The van der Waals surface area contributed by atoms with Gasteiger partial charge in [0.15, 0.2) is 0 Å². The molecule has 2 aromatic heterocycles. The Bertz CT molecular complexity index is 1660. The number of aromatic nitrogens is 2. The van der Waals surface area contributed by atoms with Crippen molar-refractivity contribution in [1.29, 1.82) is 0 Å². The van der Waals surface area contributed by atoms with Gasteiger partial charge in [-0.25, -0.2) is 22.8 Å². The Balaban J connectivity index is 1.30. The van der Waals surface area contributed by atoms with Crippen LogP contribution in [0.15, 0.2) is 70.4 Å². The number of carbonyl (C=O) groups excluding carboxylic acids is 1. The molecule has 0 N–H and O–H groups in total. The van der Waals surface area contributed by atoms with E-state index in [0.717, 1.165) is 48.5 Å². The quantitative estimate of drug-likeness (QED) is 0.185. The van der Waals surface area contributed by atoms with Gasteiger partial charge in [-0.05, 0) is 61.6 Å². The molecule has 1 aliphatic rings. The molecule has 0 spiro atoms. The van der Waals surface area contributed by atoms with Gasteiger partial charge in [-0.3, -0.25) is 4.79 Å². The van der Waals surface area contributed by atoms with Crippen molar-refractivity contribution in [3.63, 3.8) is 0 Å². The van der Waals surface area contributed by atoms with Crippen LogP contribution < -0.4 is 0 Å². The number of aryl methyl sites for hydroxylation is 1. The van der Waals surface area contributed by atoms with Crippen LogP contribution in [0.25, 0.3) is 22.2 Å². The van der Waals surface area contributed by atoms with E-state index in [1.807, 2.05) is 0 Å². The highest BCUT2D eigenvalue weighted by molar-refractivity contribution is 7.89. The summed E-state index contributed by atoms with van der Waals surface area (Å²) in [6.45, 7) is -0.188. The molecule has 0 unspecified atom stereocenters. The maximum absolute atomic E-state index is 13.7. The Morgan fingerprint density at radius 2 is 1.71 bits per heavy atom. The fourth-order valence-electron chi connectivity index (χ4n) is 5.21. The lowest BCUT2D eigenvalue weighted by Gasteiger charge is -2.28. The first-order chi connectivity index (χ1) is 20.0. The average Bonchev–Trinajstić information content (AvgIpc) is 3.40. The summed E-state index contributed by atoms with van der Waals surface area (Å²) >= 11 is 0. The van der Waals surface area contributed by atoms with Crippen LogP contribution >= 0.6 is 0 Å². The van der Waals surface area contributed by atoms with Crippen LogP contribution in [0.1, 0.15) is 49.8 Å². The molecule has 0 aliphatic heterocycles. The molecular weight excluding hydrogens is 574 g/mol. The zero-order valence-electron chi connectivity index (χ0n) is 22.6. The fraction of sp³-hybridized carbons (Fsp3) is 0.367. The Kier molecular flexibility index (Phi) is 8.74. The molecule has 0 radical (unpaired) electrons. The van der Waals surface area contributed by atoms with Crippen molar-refractivity contribution in [1.82, 2.24) is 14.3 Å². The highest BCUT2D eigenvalue weighted by Gasteiger charge is 2.33. The topological polar surface area (TPSA) is 93.4 Å². The van der Waals surface area contributed by atoms with Crippen LogP contribution in [0.2, 0.25) is 0 Å². The third kappa shape index (κ3) is 7.04. The molecule has 1 fully saturated rings. The number of sulfonamides is 1. The average molecular weight is 604 g/mol. The SMILES string of the molecule is O=C(CCc1cc(-c2ccc(C(F)(F)F)cc2)ncn1)CN(CC1CCCCC1)S(=O)(=O)c1cc2cc(F)ccc2o1. The lowest BCUT2D eigenvalue weighted by Crippen LogP contribution is -2.39. The summed E-state index contributed by atoms with van der Waals surface area (Å²) < 4.78 is 86.4. The summed E-state index contributed by atoms with van der Waals surface area (Å²) in [5.41, 5.74) is 0.826. The van der Waals surface area contributed by atoms with Gasteiger partial charge in [0.2, 0.25) is 5.09 Å². The summed E-state index contributed by atoms with van der Waals surface area (Å²) in [7, 11) is -4.19. The molecule has 1 saturated carbocycles. The summed E-state index contributed by atoms with van der Waals surface area (Å²) in [6, 6.07) is 11.2. The van der Waals surface area contributed by atoms with Crippen LogP contribution in [-0.4, -0.2) is 41.6 Å². The van der Waals surface area contributed by atoms with E-state index in [-0.39, 0.29) is 48.3 Å². The minimum atomic E-state index is -4.45. The number of halogens is 4. The number of ketones is 1. The third-order valence-corrected chi connectivity index (χ3v) is 9.15. The number of Topliss-reactive ketones (excluding diaryl/α,β-unsaturated/α-hetero) is 1. The number of benzene rings is 2. The highest BCUT2D eigenvalue weighted by Crippen LogP contribution is 2.31.